The van der Waals surface area contributed by atoms with Crippen molar-refractivity contribution in [3.05, 3.63) is 0 Å². The van der Waals surface area contributed by atoms with Crippen molar-refractivity contribution < 1.29 is 27.4 Å². The van der Waals surface area contributed by atoms with Crippen molar-refractivity contribution in [1.82, 2.24) is 10.2 Å². The van der Waals surface area contributed by atoms with Gasteiger partial charge in [0.15, 0.2) is 0 Å². The topological polar surface area (TPSA) is 81.6 Å². The van der Waals surface area contributed by atoms with E-state index in [-0.39, 0.29) is 0 Å². The molecular weight excluding hydrogens is 228 g/mol. The second kappa shape index (κ2) is 4.50. The molecule has 2 atom stereocenters. The van der Waals surface area contributed by atoms with E-state index in [9.17, 15) is 0 Å². The third-order valence-corrected chi connectivity index (χ3v) is 2.33. The molecule has 72 valence electrons. The Morgan fingerprint density at radius 2 is 2.17 bits per heavy atom. The molecule has 2 bridgehead atoms. The molecule has 2 heterocycles. The number of fused-ring (bicyclic) bond motifs is 2. The molecule has 0 aromatic carbocycles. The van der Waals surface area contributed by atoms with E-state index >= 15 is 0 Å². The average Bonchev–Trinajstić information content (AvgIpc) is 2.44. The van der Waals surface area contributed by atoms with E-state index < -0.39 is 14.8 Å². The third kappa shape index (κ3) is 2.96. The fourth-order valence-electron chi connectivity index (χ4n) is 1.77. The zero-order valence-corrected chi connectivity index (χ0v) is 8.45. The van der Waals surface area contributed by atoms with Crippen LogP contribution >= 0.6 is 0 Å². The quantitative estimate of drug-likeness (QED) is 0.465. The highest BCUT2D eigenvalue weighted by atomic mass is 80.0. The van der Waals surface area contributed by atoms with Crippen molar-refractivity contribution >= 4 is 0 Å². The third-order valence-electron chi connectivity index (χ3n) is 2.33. The predicted molar refractivity (Wildman–Crippen MR) is 35.0 cm³/mol. The van der Waals surface area contributed by atoms with E-state index in [1.807, 2.05) is 0 Å². The maximum Gasteiger partial charge on any atom is 0.433 e. The minimum Gasteiger partial charge on any atom is -0.372 e. The molecule has 5 nitrogen and oxygen atoms in total. The second-order valence-electron chi connectivity index (χ2n) is 3.14. The molecular formula is C6H13BrN2O3. The van der Waals surface area contributed by atoms with Crippen LogP contribution in [-0.2, 0) is 0 Å². The Balaban J connectivity index is 0.000000157. The van der Waals surface area contributed by atoms with E-state index in [1.165, 1.54) is 19.5 Å². The first-order valence-electron chi connectivity index (χ1n) is 3.77. The molecule has 2 aliphatic rings. The lowest BCUT2D eigenvalue weighted by atomic mass is 10.2. The smallest absolute Gasteiger partial charge is 0.372 e. The van der Waals surface area contributed by atoms with Gasteiger partial charge in [-0.2, -0.15) is 0 Å². The lowest BCUT2D eigenvalue weighted by molar-refractivity contribution is -1.63. The summed E-state index contributed by atoms with van der Waals surface area (Å²) < 4.78 is 24.3. The minimum absolute atomic E-state index is 0.824. The maximum atomic E-state index is 8.63. The summed E-state index contributed by atoms with van der Waals surface area (Å²) in [5.74, 6) is 0. The van der Waals surface area contributed by atoms with Gasteiger partial charge in [-0.05, 0) is 17.7 Å². The summed E-state index contributed by atoms with van der Waals surface area (Å²) >= 11 is -3.40. The van der Waals surface area contributed by atoms with E-state index in [4.69, 9.17) is 12.6 Å². The standard InChI is InChI=1S/C6H12N2.BrHO3/c1-8-4-5-2-6(8)3-7-5;2-1(3)4/h5-7H,2-4H2,1H3;2H. The molecule has 0 aromatic heterocycles. The van der Waals surface area contributed by atoms with Crippen LogP contribution in [0.25, 0.3) is 0 Å². The van der Waals surface area contributed by atoms with Crippen LogP contribution < -0.4 is 13.7 Å². The summed E-state index contributed by atoms with van der Waals surface area (Å²) in [5.41, 5.74) is 0. The first-order chi connectivity index (χ1) is 5.59. The van der Waals surface area contributed by atoms with Gasteiger partial charge in [-0.1, -0.05) is 0 Å². The molecule has 0 spiro atoms. The van der Waals surface area contributed by atoms with E-state index in [0.717, 1.165) is 12.1 Å². The highest BCUT2D eigenvalue weighted by Gasteiger charge is 2.34. The summed E-state index contributed by atoms with van der Waals surface area (Å²) in [6.45, 7) is 2.49. The SMILES string of the molecule is CN1CC2CC1CN2.[O-][Br+2]([O-])O. The number of nitrogens with one attached hydrogen (secondary N) is 1. The highest BCUT2D eigenvalue weighted by Crippen LogP contribution is 2.20. The summed E-state index contributed by atoms with van der Waals surface area (Å²) in [4.78, 5) is 2.45. The largest absolute Gasteiger partial charge is 0.433 e. The summed E-state index contributed by atoms with van der Waals surface area (Å²) in [5, 5.41) is 3.44. The van der Waals surface area contributed by atoms with Crippen molar-refractivity contribution in [2.75, 3.05) is 20.1 Å². The zero-order valence-electron chi connectivity index (χ0n) is 6.86. The molecule has 2 aliphatic heterocycles. The number of nitrogens with zero attached hydrogens (tertiary/aromatic N) is 1. The Labute approximate surface area is 76.8 Å². The van der Waals surface area contributed by atoms with E-state index in [2.05, 4.69) is 17.3 Å². The number of hydrogen-bond acceptors (Lipinski definition) is 5. The fraction of sp³-hybridized carbons (Fsp3) is 1.00. The van der Waals surface area contributed by atoms with Gasteiger partial charge in [0.05, 0.1) is 0 Å². The Morgan fingerprint density at radius 1 is 1.58 bits per heavy atom. The molecule has 0 saturated carbocycles. The number of rotatable bonds is 0. The van der Waals surface area contributed by atoms with Crippen molar-refractivity contribution in [2.24, 2.45) is 0 Å². The molecule has 0 aliphatic carbocycles. The second-order valence-corrected chi connectivity index (χ2v) is 3.98. The first kappa shape index (κ1) is 10.4. The lowest BCUT2D eigenvalue weighted by Gasteiger charge is -2.21. The van der Waals surface area contributed by atoms with Gasteiger partial charge in [0, 0.05) is 25.2 Å². The predicted octanol–water partition coefficient (Wildman–Crippen LogP) is -3.27. The molecule has 2 N–H and O–H groups in total. The Morgan fingerprint density at radius 3 is 2.33 bits per heavy atom. The minimum atomic E-state index is -3.40. The normalized spacial score (nSPS) is 33.8. The number of likely N-dealkylation sites (tertiary alicyclic amines) is 1. The van der Waals surface area contributed by atoms with Crippen LogP contribution in [0.3, 0.4) is 0 Å². The fourth-order valence-corrected chi connectivity index (χ4v) is 1.77. The van der Waals surface area contributed by atoms with Crippen molar-refractivity contribution in [1.29, 1.82) is 0 Å². The van der Waals surface area contributed by atoms with Gasteiger partial charge in [-0.25, -0.2) is 0 Å². The van der Waals surface area contributed by atoms with Crippen molar-refractivity contribution in [3.8, 4) is 0 Å². The molecule has 2 saturated heterocycles. The van der Waals surface area contributed by atoms with Gasteiger partial charge in [-0.3, -0.25) is 0 Å². The van der Waals surface area contributed by atoms with Crippen molar-refractivity contribution in [3.63, 3.8) is 0 Å². The van der Waals surface area contributed by atoms with Crippen LogP contribution in [0.5, 0.6) is 0 Å². The van der Waals surface area contributed by atoms with Crippen LogP contribution in [0.2, 0.25) is 0 Å². The van der Waals surface area contributed by atoms with Gasteiger partial charge in [0.2, 0.25) is 0 Å². The number of hydrogen-bond donors (Lipinski definition) is 2. The monoisotopic (exact) mass is 240 g/mol. The lowest BCUT2D eigenvalue weighted by Crippen LogP contribution is -2.41. The van der Waals surface area contributed by atoms with Crippen molar-refractivity contribution in [2.45, 2.75) is 18.5 Å². The van der Waals surface area contributed by atoms with Crippen LogP contribution in [0.4, 0.5) is 0 Å². The number of piperazine rings is 1. The van der Waals surface area contributed by atoms with Gasteiger partial charge in [0.1, 0.15) is 0 Å². The van der Waals surface area contributed by atoms with E-state index in [1.54, 1.807) is 0 Å². The van der Waals surface area contributed by atoms with Crippen LogP contribution in [0.1, 0.15) is 6.42 Å². The maximum absolute atomic E-state index is 8.63. The molecule has 0 radical (unpaired) electrons. The van der Waals surface area contributed by atoms with Crippen LogP contribution in [0, 0.1) is 14.8 Å². The van der Waals surface area contributed by atoms with Crippen LogP contribution in [-0.4, -0.2) is 41.3 Å². The summed E-state index contributed by atoms with van der Waals surface area (Å²) in [6.07, 6.45) is 1.39. The molecule has 2 fully saturated rings. The Hall–Kier alpha value is 0.280. The van der Waals surface area contributed by atoms with Gasteiger partial charge in [0.25, 0.3) is 0 Å². The molecule has 0 amide bonds. The zero-order chi connectivity index (χ0) is 9.14. The number of likely N-dealkylation sites (N-methyl/N-ethyl adjacent to an activating group) is 1. The summed E-state index contributed by atoms with van der Waals surface area (Å²) in [7, 11) is 2.21. The van der Waals surface area contributed by atoms with Gasteiger partial charge >= 0.3 is 14.8 Å². The van der Waals surface area contributed by atoms with E-state index in [0.29, 0.717) is 0 Å². The van der Waals surface area contributed by atoms with Crippen LogP contribution in [0.15, 0.2) is 0 Å². The molecule has 12 heavy (non-hydrogen) atoms. The Kier molecular flexibility index (Phi) is 3.88. The first-order valence-corrected chi connectivity index (χ1v) is 5.78. The average molecular weight is 241 g/mol. The highest BCUT2D eigenvalue weighted by molar-refractivity contribution is 4.95. The molecule has 2 rings (SSSR count). The molecule has 6 heteroatoms. The Bertz CT molecular complexity index is 142. The molecule has 2 unspecified atom stereocenters. The number of halogens is 1. The van der Waals surface area contributed by atoms with Gasteiger partial charge in [-0.15, -0.1) is 0 Å². The van der Waals surface area contributed by atoms with Gasteiger partial charge < -0.3 is 18.6 Å². The summed E-state index contributed by atoms with van der Waals surface area (Å²) in [6, 6.07) is 1.69. The molecule has 0 aromatic rings.